The highest BCUT2D eigenvalue weighted by atomic mass is 15.3. The minimum Gasteiger partial charge on any atom is -0.275 e. The van der Waals surface area contributed by atoms with Crippen molar-refractivity contribution in [2.24, 2.45) is 12.9 Å². The lowest BCUT2D eigenvalue weighted by molar-refractivity contribution is 0.636. The fraction of sp³-hybridized carbons (Fsp3) is 0.182. The number of nitrogens with zero attached hydrogens (tertiary/aromatic N) is 2. The molecule has 0 bridgehead atoms. The first-order valence-corrected chi connectivity index (χ1v) is 4.81. The van der Waals surface area contributed by atoms with Crippen molar-refractivity contribution in [3.8, 4) is 0 Å². The molecular formula is C11H14N4. The summed E-state index contributed by atoms with van der Waals surface area (Å²) >= 11 is 0. The lowest BCUT2D eigenvalue weighted by Gasteiger charge is -2.14. The number of nitrogens with one attached hydrogen (secondary N) is 1. The maximum Gasteiger partial charge on any atom is 0.0740 e. The smallest absolute Gasteiger partial charge is 0.0740 e. The summed E-state index contributed by atoms with van der Waals surface area (Å²) in [5.74, 6) is 5.56. The van der Waals surface area contributed by atoms with Gasteiger partial charge in [-0.05, 0) is 5.56 Å². The van der Waals surface area contributed by atoms with Gasteiger partial charge in [0, 0.05) is 18.8 Å². The first-order chi connectivity index (χ1) is 7.31. The van der Waals surface area contributed by atoms with Crippen molar-refractivity contribution in [3.63, 3.8) is 0 Å². The van der Waals surface area contributed by atoms with Crippen molar-refractivity contribution in [1.82, 2.24) is 15.2 Å². The molecular weight excluding hydrogens is 188 g/mol. The first kappa shape index (κ1) is 9.89. The van der Waals surface area contributed by atoms with E-state index >= 15 is 0 Å². The van der Waals surface area contributed by atoms with Gasteiger partial charge >= 0.3 is 0 Å². The number of rotatable bonds is 3. The standard InChI is InChI=1S/C11H14N4/c1-15-8-10(7-13-15)11(14-12)9-5-3-2-4-6-9/h2-8,11,14H,12H2,1H3. The quantitative estimate of drug-likeness (QED) is 0.576. The molecule has 0 saturated carbocycles. The maximum atomic E-state index is 5.56. The van der Waals surface area contributed by atoms with Gasteiger partial charge in [0.2, 0.25) is 0 Å². The van der Waals surface area contributed by atoms with Crippen molar-refractivity contribution in [1.29, 1.82) is 0 Å². The van der Waals surface area contributed by atoms with Gasteiger partial charge in [0.05, 0.1) is 12.2 Å². The Kier molecular flexibility index (Phi) is 2.80. The van der Waals surface area contributed by atoms with E-state index in [0.717, 1.165) is 11.1 Å². The van der Waals surface area contributed by atoms with Gasteiger partial charge in [-0.3, -0.25) is 10.5 Å². The number of aryl methyl sites for hydroxylation is 1. The molecule has 1 atom stereocenters. The van der Waals surface area contributed by atoms with Crippen LogP contribution in [0.3, 0.4) is 0 Å². The molecule has 0 radical (unpaired) electrons. The van der Waals surface area contributed by atoms with Crippen LogP contribution in [0.5, 0.6) is 0 Å². The number of aromatic nitrogens is 2. The van der Waals surface area contributed by atoms with E-state index in [1.54, 1.807) is 4.68 Å². The summed E-state index contributed by atoms with van der Waals surface area (Å²) in [7, 11) is 1.89. The third-order valence-electron chi connectivity index (χ3n) is 2.36. The number of benzene rings is 1. The second-order valence-electron chi connectivity index (χ2n) is 3.46. The van der Waals surface area contributed by atoms with E-state index in [4.69, 9.17) is 5.84 Å². The molecule has 0 saturated heterocycles. The van der Waals surface area contributed by atoms with Crippen LogP contribution in [0.15, 0.2) is 42.7 Å². The van der Waals surface area contributed by atoms with Crippen LogP contribution in [0.4, 0.5) is 0 Å². The average Bonchev–Trinajstić information content (AvgIpc) is 2.68. The van der Waals surface area contributed by atoms with Crippen LogP contribution in [-0.4, -0.2) is 9.78 Å². The predicted molar refractivity (Wildman–Crippen MR) is 58.8 cm³/mol. The normalized spacial score (nSPS) is 12.7. The highest BCUT2D eigenvalue weighted by Gasteiger charge is 2.12. The largest absolute Gasteiger partial charge is 0.275 e. The van der Waals surface area contributed by atoms with Crippen molar-refractivity contribution in [2.75, 3.05) is 0 Å². The molecule has 2 rings (SSSR count). The molecule has 1 heterocycles. The average molecular weight is 202 g/mol. The Morgan fingerprint density at radius 3 is 2.53 bits per heavy atom. The van der Waals surface area contributed by atoms with Gasteiger partial charge in [-0.25, -0.2) is 5.43 Å². The van der Waals surface area contributed by atoms with Gasteiger partial charge in [-0.2, -0.15) is 5.10 Å². The van der Waals surface area contributed by atoms with Crippen LogP contribution in [0.2, 0.25) is 0 Å². The molecule has 0 aliphatic rings. The van der Waals surface area contributed by atoms with Crippen LogP contribution in [0.1, 0.15) is 17.2 Å². The molecule has 0 fully saturated rings. The number of hydrogen-bond acceptors (Lipinski definition) is 3. The summed E-state index contributed by atoms with van der Waals surface area (Å²) in [6, 6.07) is 10.1. The zero-order valence-corrected chi connectivity index (χ0v) is 8.59. The third-order valence-corrected chi connectivity index (χ3v) is 2.36. The second-order valence-corrected chi connectivity index (χ2v) is 3.46. The van der Waals surface area contributed by atoms with Crippen LogP contribution >= 0.6 is 0 Å². The van der Waals surface area contributed by atoms with Crippen molar-refractivity contribution in [2.45, 2.75) is 6.04 Å². The van der Waals surface area contributed by atoms with E-state index in [-0.39, 0.29) is 6.04 Å². The third kappa shape index (κ3) is 2.06. The Morgan fingerprint density at radius 1 is 1.27 bits per heavy atom. The summed E-state index contributed by atoms with van der Waals surface area (Å²) in [5, 5.41) is 4.13. The van der Waals surface area contributed by atoms with Gasteiger partial charge in [0.1, 0.15) is 0 Å². The molecule has 78 valence electrons. The summed E-state index contributed by atoms with van der Waals surface area (Å²) in [6.45, 7) is 0. The summed E-state index contributed by atoms with van der Waals surface area (Å²) in [6.07, 6.45) is 3.77. The summed E-state index contributed by atoms with van der Waals surface area (Å²) < 4.78 is 1.77. The number of nitrogens with two attached hydrogens (primary N) is 1. The molecule has 4 nitrogen and oxygen atoms in total. The summed E-state index contributed by atoms with van der Waals surface area (Å²) in [4.78, 5) is 0. The number of hydrazine groups is 1. The molecule has 0 aliphatic heterocycles. The fourth-order valence-corrected chi connectivity index (χ4v) is 1.62. The molecule has 15 heavy (non-hydrogen) atoms. The molecule has 0 amide bonds. The Bertz CT molecular complexity index is 421. The monoisotopic (exact) mass is 202 g/mol. The van der Waals surface area contributed by atoms with Crippen molar-refractivity contribution >= 4 is 0 Å². The molecule has 2 aromatic rings. The minimum atomic E-state index is -0.0000926. The zero-order chi connectivity index (χ0) is 10.7. The maximum absolute atomic E-state index is 5.56. The molecule has 3 N–H and O–H groups in total. The number of hydrogen-bond donors (Lipinski definition) is 2. The predicted octanol–water partition coefficient (Wildman–Crippen LogP) is 0.973. The molecule has 1 aromatic carbocycles. The van der Waals surface area contributed by atoms with Gasteiger partial charge < -0.3 is 0 Å². The van der Waals surface area contributed by atoms with Gasteiger partial charge in [0.25, 0.3) is 0 Å². The Labute approximate surface area is 88.7 Å². The Balaban J connectivity index is 2.33. The molecule has 4 heteroatoms. The molecule has 0 spiro atoms. The van der Waals surface area contributed by atoms with Gasteiger partial charge in [-0.1, -0.05) is 30.3 Å². The van der Waals surface area contributed by atoms with E-state index in [2.05, 4.69) is 10.5 Å². The van der Waals surface area contributed by atoms with E-state index in [0.29, 0.717) is 0 Å². The minimum absolute atomic E-state index is 0.0000926. The topological polar surface area (TPSA) is 55.9 Å². The Hall–Kier alpha value is -1.65. The highest BCUT2D eigenvalue weighted by Crippen LogP contribution is 2.19. The Morgan fingerprint density at radius 2 is 2.00 bits per heavy atom. The SMILES string of the molecule is Cn1cc(C(NN)c2ccccc2)cn1. The zero-order valence-electron chi connectivity index (χ0n) is 8.59. The van der Waals surface area contributed by atoms with E-state index in [9.17, 15) is 0 Å². The second kappa shape index (κ2) is 4.25. The van der Waals surface area contributed by atoms with Gasteiger partial charge in [-0.15, -0.1) is 0 Å². The van der Waals surface area contributed by atoms with Crippen molar-refractivity contribution < 1.29 is 0 Å². The van der Waals surface area contributed by atoms with Crippen LogP contribution in [-0.2, 0) is 7.05 Å². The van der Waals surface area contributed by atoms with Crippen LogP contribution in [0.25, 0.3) is 0 Å². The van der Waals surface area contributed by atoms with Gasteiger partial charge in [0.15, 0.2) is 0 Å². The lowest BCUT2D eigenvalue weighted by Crippen LogP contribution is -2.28. The molecule has 1 unspecified atom stereocenters. The molecule has 1 aromatic heterocycles. The van der Waals surface area contributed by atoms with Crippen LogP contribution in [0, 0.1) is 0 Å². The fourth-order valence-electron chi connectivity index (χ4n) is 1.62. The van der Waals surface area contributed by atoms with E-state index in [1.807, 2.05) is 49.8 Å². The van der Waals surface area contributed by atoms with E-state index < -0.39 is 0 Å². The first-order valence-electron chi connectivity index (χ1n) is 4.81. The highest BCUT2D eigenvalue weighted by molar-refractivity contribution is 5.28. The summed E-state index contributed by atoms with van der Waals surface area (Å²) in [5.41, 5.74) is 4.99. The van der Waals surface area contributed by atoms with Crippen LogP contribution < -0.4 is 11.3 Å². The van der Waals surface area contributed by atoms with E-state index in [1.165, 1.54) is 0 Å². The van der Waals surface area contributed by atoms with Crippen molar-refractivity contribution in [3.05, 3.63) is 53.9 Å². The lowest BCUT2D eigenvalue weighted by atomic mass is 10.0. The molecule has 0 aliphatic carbocycles.